The molecule has 0 radical (unpaired) electrons. The first kappa shape index (κ1) is 16.6. The fourth-order valence-electron chi connectivity index (χ4n) is 2.40. The summed E-state index contributed by atoms with van der Waals surface area (Å²) in [4.78, 5) is 12.6. The Morgan fingerprint density at radius 3 is 2.88 bits per heavy atom. The van der Waals surface area contributed by atoms with Gasteiger partial charge < -0.3 is 19.2 Å². The molecule has 1 N–H and O–H groups in total. The lowest BCUT2D eigenvalue weighted by molar-refractivity contribution is 0.102. The Morgan fingerprint density at radius 1 is 1.24 bits per heavy atom. The molecule has 1 amide bonds. The standard InChI is InChI=1S/C19H16N2O4/c1-23-8-9-24-18-7-6-13(11-20)10-16(18)21-19(22)15-12-25-17-5-3-2-4-14(15)17/h2-7,10,12H,8-9H2,1H3,(H,21,22). The number of amides is 1. The molecule has 0 aliphatic carbocycles. The normalized spacial score (nSPS) is 10.4. The number of para-hydroxylation sites is 1. The summed E-state index contributed by atoms with van der Waals surface area (Å²) in [6.07, 6.45) is 1.42. The number of nitrogens with zero attached hydrogens (tertiary/aromatic N) is 1. The number of anilines is 1. The molecule has 25 heavy (non-hydrogen) atoms. The van der Waals surface area contributed by atoms with Crippen molar-refractivity contribution < 1.29 is 18.7 Å². The number of nitrogens with one attached hydrogen (secondary N) is 1. The van der Waals surface area contributed by atoms with Crippen LogP contribution in [0.3, 0.4) is 0 Å². The topological polar surface area (TPSA) is 84.5 Å². The number of carbonyl (C=O) groups excluding carboxylic acids is 1. The zero-order chi connectivity index (χ0) is 17.6. The van der Waals surface area contributed by atoms with E-state index >= 15 is 0 Å². The van der Waals surface area contributed by atoms with E-state index in [1.165, 1.54) is 6.26 Å². The third-order valence-corrected chi connectivity index (χ3v) is 3.63. The number of carbonyl (C=O) groups is 1. The van der Waals surface area contributed by atoms with E-state index in [1.54, 1.807) is 31.4 Å². The number of ether oxygens (including phenoxy) is 2. The Hall–Kier alpha value is -3.30. The van der Waals surface area contributed by atoms with Gasteiger partial charge in [0.1, 0.15) is 24.2 Å². The number of methoxy groups -OCH3 is 1. The van der Waals surface area contributed by atoms with Gasteiger partial charge >= 0.3 is 0 Å². The summed E-state index contributed by atoms with van der Waals surface area (Å²) in [5, 5.41) is 12.6. The van der Waals surface area contributed by atoms with Crippen molar-refractivity contribution in [1.82, 2.24) is 0 Å². The van der Waals surface area contributed by atoms with Crippen LogP contribution in [0.2, 0.25) is 0 Å². The van der Waals surface area contributed by atoms with Gasteiger partial charge in [0, 0.05) is 12.5 Å². The lowest BCUT2D eigenvalue weighted by Gasteiger charge is -2.12. The number of furan rings is 1. The van der Waals surface area contributed by atoms with Gasteiger partial charge in [-0.2, -0.15) is 5.26 Å². The summed E-state index contributed by atoms with van der Waals surface area (Å²) in [5.74, 6) is 0.133. The number of hydrogen-bond acceptors (Lipinski definition) is 5. The minimum Gasteiger partial charge on any atom is -0.489 e. The maximum Gasteiger partial charge on any atom is 0.259 e. The molecular weight excluding hydrogens is 320 g/mol. The largest absolute Gasteiger partial charge is 0.489 e. The lowest BCUT2D eigenvalue weighted by atomic mass is 10.1. The summed E-state index contributed by atoms with van der Waals surface area (Å²) in [7, 11) is 1.58. The molecule has 3 aromatic rings. The van der Waals surface area contributed by atoms with Gasteiger partial charge in [-0.3, -0.25) is 4.79 Å². The second-order valence-corrected chi connectivity index (χ2v) is 5.26. The van der Waals surface area contributed by atoms with E-state index in [-0.39, 0.29) is 5.91 Å². The lowest BCUT2D eigenvalue weighted by Crippen LogP contribution is -2.13. The van der Waals surface area contributed by atoms with Gasteiger partial charge in [0.2, 0.25) is 0 Å². The maximum absolute atomic E-state index is 12.6. The van der Waals surface area contributed by atoms with Gasteiger partial charge in [-0.05, 0) is 24.3 Å². The highest BCUT2D eigenvalue weighted by Gasteiger charge is 2.16. The van der Waals surface area contributed by atoms with E-state index in [1.807, 2.05) is 24.3 Å². The van der Waals surface area contributed by atoms with E-state index < -0.39 is 0 Å². The van der Waals surface area contributed by atoms with E-state index in [4.69, 9.17) is 19.2 Å². The van der Waals surface area contributed by atoms with Crippen LogP contribution < -0.4 is 10.1 Å². The first-order valence-electron chi connectivity index (χ1n) is 7.66. The molecule has 126 valence electrons. The van der Waals surface area contributed by atoms with Crippen LogP contribution in [0.15, 0.2) is 53.1 Å². The Balaban J connectivity index is 1.87. The maximum atomic E-state index is 12.6. The summed E-state index contributed by atoms with van der Waals surface area (Å²) >= 11 is 0. The molecule has 1 aromatic heterocycles. The highest BCUT2D eigenvalue weighted by atomic mass is 16.5. The second-order valence-electron chi connectivity index (χ2n) is 5.26. The predicted octanol–water partition coefficient (Wildman–Crippen LogP) is 3.58. The Morgan fingerprint density at radius 2 is 2.08 bits per heavy atom. The zero-order valence-corrected chi connectivity index (χ0v) is 13.6. The number of benzene rings is 2. The van der Waals surface area contributed by atoms with Crippen LogP contribution in [0.4, 0.5) is 5.69 Å². The van der Waals surface area contributed by atoms with E-state index in [2.05, 4.69) is 5.32 Å². The van der Waals surface area contributed by atoms with Gasteiger partial charge in [0.25, 0.3) is 5.91 Å². The van der Waals surface area contributed by atoms with Crippen molar-refractivity contribution in [3.05, 3.63) is 59.9 Å². The third-order valence-electron chi connectivity index (χ3n) is 3.63. The molecule has 0 saturated carbocycles. The smallest absolute Gasteiger partial charge is 0.259 e. The van der Waals surface area contributed by atoms with E-state index in [0.29, 0.717) is 41.4 Å². The van der Waals surface area contributed by atoms with Crippen LogP contribution >= 0.6 is 0 Å². The summed E-state index contributed by atoms with van der Waals surface area (Å²) in [5.41, 5.74) is 1.90. The Kier molecular flexibility index (Phi) is 4.97. The van der Waals surface area contributed by atoms with Crippen molar-refractivity contribution in [2.45, 2.75) is 0 Å². The number of nitriles is 1. The molecule has 0 aliphatic heterocycles. The molecule has 3 rings (SSSR count). The van der Waals surface area contributed by atoms with Gasteiger partial charge in [0.05, 0.1) is 29.5 Å². The van der Waals surface area contributed by atoms with Crippen molar-refractivity contribution in [2.24, 2.45) is 0 Å². The highest BCUT2D eigenvalue weighted by molar-refractivity contribution is 6.12. The number of rotatable bonds is 6. The minimum atomic E-state index is -0.336. The Labute approximate surface area is 144 Å². The molecular formula is C19H16N2O4. The van der Waals surface area contributed by atoms with Crippen molar-refractivity contribution in [3.63, 3.8) is 0 Å². The van der Waals surface area contributed by atoms with Crippen LogP contribution in [0.25, 0.3) is 11.0 Å². The predicted molar refractivity (Wildman–Crippen MR) is 92.7 cm³/mol. The highest BCUT2D eigenvalue weighted by Crippen LogP contribution is 2.28. The number of fused-ring (bicyclic) bond motifs is 1. The average Bonchev–Trinajstić information content (AvgIpc) is 3.07. The van der Waals surface area contributed by atoms with Crippen LogP contribution in [0, 0.1) is 11.3 Å². The first-order valence-corrected chi connectivity index (χ1v) is 7.66. The molecule has 2 aromatic carbocycles. The van der Waals surface area contributed by atoms with Crippen molar-refractivity contribution >= 4 is 22.6 Å². The summed E-state index contributed by atoms with van der Waals surface area (Å²) in [6, 6.07) is 14.2. The third kappa shape index (κ3) is 3.62. The molecule has 0 atom stereocenters. The van der Waals surface area contributed by atoms with Crippen LogP contribution in [0.5, 0.6) is 5.75 Å². The second kappa shape index (κ2) is 7.51. The molecule has 0 spiro atoms. The van der Waals surface area contributed by atoms with Crippen LogP contribution in [-0.4, -0.2) is 26.2 Å². The Bertz CT molecular complexity index is 940. The monoisotopic (exact) mass is 336 g/mol. The quantitative estimate of drug-likeness (QED) is 0.696. The SMILES string of the molecule is COCCOc1ccc(C#N)cc1NC(=O)c1coc2ccccc12. The molecule has 0 fully saturated rings. The number of hydrogen-bond donors (Lipinski definition) is 1. The molecule has 6 heteroatoms. The van der Waals surface area contributed by atoms with Gasteiger partial charge in [-0.15, -0.1) is 0 Å². The van der Waals surface area contributed by atoms with Gasteiger partial charge in [-0.1, -0.05) is 18.2 Å². The molecule has 6 nitrogen and oxygen atoms in total. The van der Waals surface area contributed by atoms with Crippen LogP contribution in [0.1, 0.15) is 15.9 Å². The molecule has 0 saturated heterocycles. The van der Waals surface area contributed by atoms with Crippen molar-refractivity contribution in [1.29, 1.82) is 5.26 Å². The first-order chi connectivity index (χ1) is 12.2. The van der Waals surface area contributed by atoms with Gasteiger partial charge in [0.15, 0.2) is 0 Å². The molecule has 1 heterocycles. The average molecular weight is 336 g/mol. The zero-order valence-electron chi connectivity index (χ0n) is 13.6. The fraction of sp³-hybridized carbons (Fsp3) is 0.158. The van der Waals surface area contributed by atoms with E-state index in [0.717, 1.165) is 5.39 Å². The van der Waals surface area contributed by atoms with Crippen molar-refractivity contribution in [2.75, 3.05) is 25.6 Å². The molecule has 0 aliphatic rings. The summed E-state index contributed by atoms with van der Waals surface area (Å²) in [6.45, 7) is 0.750. The van der Waals surface area contributed by atoms with Gasteiger partial charge in [-0.25, -0.2) is 0 Å². The van der Waals surface area contributed by atoms with E-state index in [9.17, 15) is 4.79 Å². The molecule has 0 unspecified atom stereocenters. The minimum absolute atomic E-state index is 0.333. The molecule has 0 bridgehead atoms. The summed E-state index contributed by atoms with van der Waals surface area (Å²) < 4.78 is 16.0. The van der Waals surface area contributed by atoms with Crippen molar-refractivity contribution in [3.8, 4) is 11.8 Å². The van der Waals surface area contributed by atoms with Crippen LogP contribution in [-0.2, 0) is 4.74 Å². The fourth-order valence-corrected chi connectivity index (χ4v) is 2.40.